The van der Waals surface area contributed by atoms with Crippen LogP contribution < -0.4 is 9.47 Å². The predicted molar refractivity (Wildman–Crippen MR) is 93.0 cm³/mol. The molecule has 0 unspecified atom stereocenters. The van der Waals surface area contributed by atoms with E-state index in [4.69, 9.17) is 18.6 Å². The third-order valence-electron chi connectivity index (χ3n) is 3.40. The number of methoxy groups -OCH3 is 2. The maximum Gasteiger partial charge on any atom is 0.341 e. The molecule has 0 atom stereocenters. The molecule has 0 amide bonds. The van der Waals surface area contributed by atoms with Gasteiger partial charge in [-0.1, -0.05) is 6.07 Å². The quantitative estimate of drug-likeness (QED) is 0.528. The van der Waals surface area contributed by atoms with Gasteiger partial charge in [-0.05, 0) is 36.8 Å². The van der Waals surface area contributed by atoms with E-state index >= 15 is 0 Å². The summed E-state index contributed by atoms with van der Waals surface area (Å²) >= 11 is 0. The third-order valence-corrected chi connectivity index (χ3v) is 3.40. The third kappa shape index (κ3) is 4.89. The molecule has 26 heavy (non-hydrogen) atoms. The Morgan fingerprint density at radius 3 is 2.65 bits per heavy atom. The van der Waals surface area contributed by atoms with E-state index in [1.807, 2.05) is 6.92 Å². The fourth-order valence-corrected chi connectivity index (χ4v) is 2.16. The van der Waals surface area contributed by atoms with Gasteiger partial charge in [0.2, 0.25) is 0 Å². The molecule has 0 saturated carbocycles. The Morgan fingerprint density at radius 2 is 1.96 bits per heavy atom. The zero-order valence-corrected chi connectivity index (χ0v) is 14.8. The zero-order valence-electron chi connectivity index (χ0n) is 14.8. The molecule has 0 saturated heterocycles. The van der Waals surface area contributed by atoms with Crippen molar-refractivity contribution in [3.8, 4) is 11.5 Å². The average Bonchev–Trinajstić information content (AvgIpc) is 3.13. The summed E-state index contributed by atoms with van der Waals surface area (Å²) in [5.74, 6) is 0.289. The second-order valence-electron chi connectivity index (χ2n) is 5.03. The number of hydrogen-bond donors (Lipinski definition) is 0. The Balaban J connectivity index is 1.97. The minimum atomic E-state index is -0.579. The molecule has 7 heteroatoms. The number of furan rings is 1. The summed E-state index contributed by atoms with van der Waals surface area (Å²) in [6.45, 7) is 2.24. The lowest BCUT2D eigenvalue weighted by Crippen LogP contribution is -2.06. The van der Waals surface area contributed by atoms with E-state index in [1.165, 1.54) is 25.5 Å². The van der Waals surface area contributed by atoms with Gasteiger partial charge in [-0.2, -0.15) is 0 Å². The maximum absolute atomic E-state index is 11.9. The Labute approximate surface area is 151 Å². The summed E-state index contributed by atoms with van der Waals surface area (Å²) in [7, 11) is 2.81. The molecule has 0 aliphatic carbocycles. The molecule has 1 heterocycles. The lowest BCUT2D eigenvalue weighted by atomic mass is 10.2. The molecule has 1 aromatic heterocycles. The Morgan fingerprint density at radius 1 is 1.15 bits per heavy atom. The number of carbonyl (C=O) groups excluding carboxylic acids is 2. The van der Waals surface area contributed by atoms with Crippen molar-refractivity contribution in [2.75, 3.05) is 20.8 Å². The van der Waals surface area contributed by atoms with Gasteiger partial charge >= 0.3 is 11.9 Å². The standard InChI is InChI=1S/C19H20O7/c1-4-24-15-7-5-13(11-16(15)22-2)6-8-18(20)26-12-17-14(9-10-25-17)19(21)23-3/h5-11H,4,12H2,1-3H3/b8-6+. The monoisotopic (exact) mass is 360 g/mol. The lowest BCUT2D eigenvalue weighted by Gasteiger charge is -2.09. The number of esters is 2. The largest absolute Gasteiger partial charge is 0.493 e. The SMILES string of the molecule is CCOc1ccc(/C=C/C(=O)OCc2occc2C(=O)OC)cc1OC. The molecule has 0 N–H and O–H groups in total. The van der Waals surface area contributed by atoms with E-state index in [9.17, 15) is 9.59 Å². The average molecular weight is 360 g/mol. The molecule has 2 rings (SSSR count). The summed E-state index contributed by atoms with van der Waals surface area (Å²) in [6.07, 6.45) is 4.19. The van der Waals surface area contributed by atoms with Crippen molar-refractivity contribution in [2.24, 2.45) is 0 Å². The first-order valence-corrected chi connectivity index (χ1v) is 7.89. The van der Waals surface area contributed by atoms with Crippen LogP contribution in [0.15, 0.2) is 41.0 Å². The highest BCUT2D eigenvalue weighted by Crippen LogP contribution is 2.28. The number of rotatable bonds is 8. The van der Waals surface area contributed by atoms with Gasteiger partial charge in [0.25, 0.3) is 0 Å². The van der Waals surface area contributed by atoms with Crippen LogP contribution in [0.2, 0.25) is 0 Å². The van der Waals surface area contributed by atoms with E-state index in [-0.39, 0.29) is 17.9 Å². The van der Waals surface area contributed by atoms with Crippen molar-refractivity contribution >= 4 is 18.0 Å². The maximum atomic E-state index is 11.9. The van der Waals surface area contributed by atoms with Gasteiger partial charge in [-0.3, -0.25) is 0 Å². The van der Waals surface area contributed by atoms with Crippen LogP contribution in [0, 0.1) is 0 Å². The lowest BCUT2D eigenvalue weighted by molar-refractivity contribution is -0.139. The molecule has 1 aromatic carbocycles. The van der Waals surface area contributed by atoms with Gasteiger partial charge in [-0.25, -0.2) is 9.59 Å². The van der Waals surface area contributed by atoms with Crippen molar-refractivity contribution in [3.05, 3.63) is 53.5 Å². The van der Waals surface area contributed by atoms with Crippen LogP contribution in [0.25, 0.3) is 6.08 Å². The van der Waals surface area contributed by atoms with Gasteiger partial charge in [0.05, 0.1) is 27.1 Å². The summed E-state index contributed by atoms with van der Waals surface area (Å²) in [5, 5.41) is 0. The van der Waals surface area contributed by atoms with Crippen molar-refractivity contribution in [3.63, 3.8) is 0 Å². The van der Waals surface area contributed by atoms with Crippen LogP contribution in [-0.4, -0.2) is 32.8 Å². The van der Waals surface area contributed by atoms with E-state index < -0.39 is 11.9 Å². The fraction of sp³-hybridized carbons (Fsp3) is 0.263. The Hall–Kier alpha value is -3.22. The fourth-order valence-electron chi connectivity index (χ4n) is 2.16. The van der Waals surface area contributed by atoms with Gasteiger partial charge in [0, 0.05) is 6.08 Å². The minimum absolute atomic E-state index is 0.173. The number of carbonyl (C=O) groups is 2. The highest BCUT2D eigenvalue weighted by molar-refractivity contribution is 5.90. The molecule has 0 fully saturated rings. The van der Waals surface area contributed by atoms with E-state index in [0.717, 1.165) is 5.56 Å². The molecular weight excluding hydrogens is 340 g/mol. The van der Waals surface area contributed by atoms with Crippen molar-refractivity contribution in [1.82, 2.24) is 0 Å². The van der Waals surface area contributed by atoms with E-state index in [1.54, 1.807) is 31.4 Å². The van der Waals surface area contributed by atoms with E-state index in [0.29, 0.717) is 18.1 Å². The molecule has 0 spiro atoms. The molecular formula is C19H20O7. The summed E-state index contributed by atoms with van der Waals surface area (Å²) < 4.78 is 25.5. The predicted octanol–water partition coefficient (Wildman–Crippen LogP) is 3.23. The summed E-state index contributed by atoms with van der Waals surface area (Å²) in [5.41, 5.74) is 0.969. The number of benzene rings is 1. The van der Waals surface area contributed by atoms with Crippen molar-refractivity contribution < 1.29 is 33.0 Å². The molecule has 2 aromatic rings. The van der Waals surface area contributed by atoms with Gasteiger partial charge in [0.1, 0.15) is 5.56 Å². The first-order chi connectivity index (χ1) is 12.6. The minimum Gasteiger partial charge on any atom is -0.493 e. The number of ether oxygens (including phenoxy) is 4. The topological polar surface area (TPSA) is 84.2 Å². The second-order valence-corrected chi connectivity index (χ2v) is 5.03. The van der Waals surface area contributed by atoms with E-state index in [2.05, 4.69) is 4.74 Å². The normalized spacial score (nSPS) is 10.6. The Kier molecular flexibility index (Phi) is 6.84. The smallest absolute Gasteiger partial charge is 0.341 e. The highest BCUT2D eigenvalue weighted by Gasteiger charge is 2.16. The zero-order chi connectivity index (χ0) is 18.9. The first-order valence-electron chi connectivity index (χ1n) is 7.89. The van der Waals surface area contributed by atoms with Crippen LogP contribution in [0.1, 0.15) is 28.6 Å². The van der Waals surface area contributed by atoms with Crippen LogP contribution in [0.3, 0.4) is 0 Å². The van der Waals surface area contributed by atoms with Gasteiger partial charge in [0.15, 0.2) is 23.9 Å². The van der Waals surface area contributed by atoms with Crippen LogP contribution >= 0.6 is 0 Å². The molecule has 138 valence electrons. The summed E-state index contributed by atoms with van der Waals surface area (Å²) in [4.78, 5) is 23.4. The first kappa shape index (κ1) is 19.1. The molecule has 7 nitrogen and oxygen atoms in total. The Bertz CT molecular complexity index is 789. The summed E-state index contributed by atoms with van der Waals surface area (Å²) in [6, 6.07) is 6.76. The molecule has 0 aliphatic rings. The van der Waals surface area contributed by atoms with Gasteiger partial charge < -0.3 is 23.4 Å². The van der Waals surface area contributed by atoms with Crippen LogP contribution in [0.4, 0.5) is 0 Å². The van der Waals surface area contributed by atoms with Crippen molar-refractivity contribution in [2.45, 2.75) is 13.5 Å². The van der Waals surface area contributed by atoms with Crippen LogP contribution in [0.5, 0.6) is 11.5 Å². The molecule has 0 bridgehead atoms. The molecule has 0 radical (unpaired) electrons. The number of hydrogen-bond acceptors (Lipinski definition) is 7. The van der Waals surface area contributed by atoms with Gasteiger partial charge in [-0.15, -0.1) is 0 Å². The van der Waals surface area contributed by atoms with Crippen molar-refractivity contribution in [1.29, 1.82) is 0 Å². The highest BCUT2D eigenvalue weighted by atomic mass is 16.5. The second kappa shape index (κ2) is 9.31. The van der Waals surface area contributed by atoms with Crippen LogP contribution in [-0.2, 0) is 20.9 Å². The molecule has 0 aliphatic heterocycles.